The largest absolute Gasteiger partial charge is 0.493 e. The number of nitrogens with zero attached hydrogens (tertiary/aromatic N) is 5. The molecule has 1 aliphatic heterocycles. The quantitative estimate of drug-likeness (QED) is 0.589. The highest BCUT2D eigenvalue weighted by atomic mass is 16.6. The highest BCUT2D eigenvalue weighted by Gasteiger charge is 2.28. The molecule has 1 saturated heterocycles. The topological polar surface area (TPSA) is 104 Å². The van der Waals surface area contributed by atoms with Crippen molar-refractivity contribution in [2.75, 3.05) is 39.1 Å². The average molecular weight is 475 g/mol. The Labute approximate surface area is 205 Å². The standard InChI is InChI=1S/C26H30N6O3/c1-16-15-31(4)9-10-32(16)26(33)35-24-12-21-22(13-23(24)34-5)29-18(3)30-25(21)28-17(2)20-8-6-7-19(11-20)14-27/h6-8,11-13,16-17H,9-10,15H2,1-5H3,(H,28,29,30)/t16-,17?/m1/s1. The van der Waals surface area contributed by atoms with Crippen LogP contribution in [0.2, 0.25) is 0 Å². The maximum atomic E-state index is 13.0. The van der Waals surface area contributed by atoms with Gasteiger partial charge in [-0.2, -0.15) is 5.26 Å². The van der Waals surface area contributed by atoms with Crippen LogP contribution in [0.25, 0.3) is 10.9 Å². The Balaban J connectivity index is 1.67. The summed E-state index contributed by atoms with van der Waals surface area (Å²) in [5.74, 6) is 1.93. The zero-order chi connectivity index (χ0) is 25.1. The number of amides is 1. The van der Waals surface area contributed by atoms with E-state index in [0.717, 1.165) is 18.7 Å². The third kappa shape index (κ3) is 5.28. The third-order valence-corrected chi connectivity index (χ3v) is 6.22. The van der Waals surface area contributed by atoms with Crippen molar-refractivity contribution in [3.05, 3.63) is 53.3 Å². The molecule has 182 valence electrons. The van der Waals surface area contributed by atoms with Gasteiger partial charge in [-0.25, -0.2) is 14.8 Å². The average Bonchev–Trinajstić information content (AvgIpc) is 2.83. The molecule has 9 nitrogen and oxygen atoms in total. The highest BCUT2D eigenvalue weighted by Crippen LogP contribution is 2.36. The van der Waals surface area contributed by atoms with Crippen LogP contribution in [0, 0.1) is 18.3 Å². The van der Waals surface area contributed by atoms with Crippen LogP contribution in [0.3, 0.4) is 0 Å². The van der Waals surface area contributed by atoms with E-state index in [1.807, 2.05) is 46.0 Å². The number of hydrogen-bond donors (Lipinski definition) is 1. The lowest BCUT2D eigenvalue weighted by atomic mass is 10.1. The van der Waals surface area contributed by atoms with Crippen LogP contribution in [0.15, 0.2) is 36.4 Å². The van der Waals surface area contributed by atoms with Crippen LogP contribution < -0.4 is 14.8 Å². The molecule has 1 fully saturated rings. The van der Waals surface area contributed by atoms with E-state index >= 15 is 0 Å². The number of rotatable bonds is 5. The second-order valence-corrected chi connectivity index (χ2v) is 8.92. The Kier molecular flexibility index (Phi) is 7.03. The van der Waals surface area contributed by atoms with Gasteiger partial charge in [-0.3, -0.25) is 0 Å². The number of ether oxygens (including phenoxy) is 2. The molecule has 2 aromatic carbocycles. The first-order valence-electron chi connectivity index (χ1n) is 11.6. The van der Waals surface area contributed by atoms with Gasteiger partial charge in [0.15, 0.2) is 11.5 Å². The Morgan fingerprint density at radius 1 is 1.23 bits per heavy atom. The lowest BCUT2D eigenvalue weighted by Gasteiger charge is -2.37. The zero-order valence-corrected chi connectivity index (χ0v) is 20.7. The molecule has 9 heteroatoms. The van der Waals surface area contributed by atoms with E-state index in [9.17, 15) is 10.1 Å². The Morgan fingerprint density at radius 2 is 2.03 bits per heavy atom. The van der Waals surface area contributed by atoms with Gasteiger partial charge in [0.05, 0.1) is 30.3 Å². The molecule has 1 unspecified atom stereocenters. The van der Waals surface area contributed by atoms with Crippen LogP contribution >= 0.6 is 0 Å². The number of anilines is 1. The smallest absolute Gasteiger partial charge is 0.415 e. The number of methoxy groups -OCH3 is 1. The monoisotopic (exact) mass is 474 g/mol. The molecule has 3 aromatic rings. The maximum Gasteiger partial charge on any atom is 0.415 e. The van der Waals surface area contributed by atoms with Crippen molar-refractivity contribution in [1.29, 1.82) is 5.26 Å². The van der Waals surface area contributed by atoms with Gasteiger partial charge in [0.2, 0.25) is 0 Å². The maximum absolute atomic E-state index is 13.0. The molecule has 2 heterocycles. The molecule has 4 rings (SSSR count). The molecule has 1 aromatic heterocycles. The molecule has 0 aliphatic carbocycles. The summed E-state index contributed by atoms with van der Waals surface area (Å²) in [7, 11) is 3.58. The Hall–Kier alpha value is -3.90. The molecule has 1 amide bonds. The Bertz CT molecular complexity index is 1290. The molecule has 0 radical (unpaired) electrons. The van der Waals surface area contributed by atoms with Gasteiger partial charge in [0, 0.05) is 37.1 Å². The van der Waals surface area contributed by atoms with Crippen molar-refractivity contribution in [2.24, 2.45) is 0 Å². The summed E-state index contributed by atoms with van der Waals surface area (Å²) < 4.78 is 11.3. The highest BCUT2D eigenvalue weighted by molar-refractivity contribution is 5.92. The minimum absolute atomic E-state index is 0.0425. The molecule has 2 atom stereocenters. The van der Waals surface area contributed by atoms with Gasteiger partial charge in [-0.05, 0) is 51.6 Å². The number of hydrogen-bond acceptors (Lipinski definition) is 8. The number of aromatic nitrogens is 2. The predicted octanol–water partition coefficient (Wildman–Crippen LogP) is 4.13. The van der Waals surface area contributed by atoms with E-state index in [4.69, 9.17) is 9.47 Å². The molecule has 35 heavy (non-hydrogen) atoms. The first kappa shape index (κ1) is 24.2. The zero-order valence-electron chi connectivity index (χ0n) is 20.7. The molecule has 0 spiro atoms. The SMILES string of the molecule is COc1cc2nc(C)nc(NC(C)c3cccc(C#N)c3)c2cc1OC(=O)N1CCN(C)C[C@H]1C. The van der Waals surface area contributed by atoms with Crippen molar-refractivity contribution < 1.29 is 14.3 Å². The van der Waals surface area contributed by atoms with Crippen molar-refractivity contribution in [3.63, 3.8) is 0 Å². The number of carbonyl (C=O) groups is 1. The molecular weight excluding hydrogens is 444 g/mol. The van der Waals surface area contributed by atoms with Crippen LogP contribution in [0.4, 0.5) is 10.6 Å². The number of piperazine rings is 1. The van der Waals surface area contributed by atoms with E-state index in [-0.39, 0.29) is 12.1 Å². The lowest BCUT2D eigenvalue weighted by molar-refractivity contribution is 0.0886. The van der Waals surface area contributed by atoms with Gasteiger partial charge in [-0.1, -0.05) is 12.1 Å². The number of likely N-dealkylation sites (N-methyl/N-ethyl adjacent to an activating group) is 1. The Morgan fingerprint density at radius 3 is 2.74 bits per heavy atom. The first-order valence-corrected chi connectivity index (χ1v) is 11.6. The summed E-state index contributed by atoms with van der Waals surface area (Å²) in [4.78, 5) is 26.1. The van der Waals surface area contributed by atoms with Crippen molar-refractivity contribution in [3.8, 4) is 17.6 Å². The third-order valence-electron chi connectivity index (χ3n) is 6.22. The van der Waals surface area contributed by atoms with E-state index in [2.05, 4.69) is 26.3 Å². The fourth-order valence-electron chi connectivity index (χ4n) is 4.33. The van der Waals surface area contributed by atoms with Crippen LogP contribution in [-0.4, -0.2) is 65.7 Å². The summed E-state index contributed by atoms with van der Waals surface area (Å²) in [5.41, 5.74) is 2.22. The summed E-state index contributed by atoms with van der Waals surface area (Å²) in [5, 5.41) is 13.4. The summed E-state index contributed by atoms with van der Waals surface area (Å²) >= 11 is 0. The van der Waals surface area contributed by atoms with Gasteiger partial charge >= 0.3 is 6.09 Å². The summed E-state index contributed by atoms with van der Waals surface area (Å²) in [6, 6.07) is 13.0. The van der Waals surface area contributed by atoms with Crippen molar-refractivity contribution >= 4 is 22.8 Å². The number of carbonyl (C=O) groups excluding carboxylic acids is 1. The normalized spacial score (nSPS) is 17.0. The van der Waals surface area contributed by atoms with Gasteiger partial charge in [-0.15, -0.1) is 0 Å². The van der Waals surface area contributed by atoms with Crippen LogP contribution in [0.1, 0.15) is 36.8 Å². The lowest BCUT2D eigenvalue weighted by Crippen LogP contribution is -2.53. The molecular formula is C26H30N6O3. The first-order chi connectivity index (χ1) is 16.8. The predicted molar refractivity (Wildman–Crippen MR) is 134 cm³/mol. The van der Waals surface area contributed by atoms with Gasteiger partial charge in [0.1, 0.15) is 11.6 Å². The second-order valence-electron chi connectivity index (χ2n) is 8.92. The molecule has 1 N–H and O–H groups in total. The number of fused-ring (bicyclic) bond motifs is 1. The molecule has 1 aliphatic rings. The minimum atomic E-state index is -0.410. The van der Waals surface area contributed by atoms with Gasteiger partial charge in [0.25, 0.3) is 0 Å². The number of benzene rings is 2. The summed E-state index contributed by atoms with van der Waals surface area (Å²) in [6.45, 7) is 8.01. The number of aryl methyl sites for hydroxylation is 1. The molecule has 0 saturated carbocycles. The van der Waals surface area contributed by atoms with E-state index < -0.39 is 6.09 Å². The van der Waals surface area contributed by atoms with Gasteiger partial charge < -0.3 is 24.6 Å². The van der Waals surface area contributed by atoms with Crippen molar-refractivity contribution in [2.45, 2.75) is 32.9 Å². The summed E-state index contributed by atoms with van der Waals surface area (Å²) in [6.07, 6.45) is -0.410. The second kappa shape index (κ2) is 10.2. The number of nitrogens with one attached hydrogen (secondary N) is 1. The number of nitriles is 1. The van der Waals surface area contributed by atoms with Crippen molar-refractivity contribution in [1.82, 2.24) is 19.8 Å². The fraction of sp³-hybridized carbons (Fsp3) is 0.385. The minimum Gasteiger partial charge on any atom is -0.493 e. The molecule has 0 bridgehead atoms. The van der Waals surface area contributed by atoms with Crippen LogP contribution in [0.5, 0.6) is 11.5 Å². The van der Waals surface area contributed by atoms with Crippen LogP contribution in [-0.2, 0) is 0 Å². The van der Waals surface area contributed by atoms with E-state index in [1.54, 1.807) is 23.1 Å². The van der Waals surface area contributed by atoms with E-state index in [1.165, 1.54) is 7.11 Å². The van der Waals surface area contributed by atoms with E-state index in [0.29, 0.717) is 46.2 Å². The fourth-order valence-corrected chi connectivity index (χ4v) is 4.33.